The third-order valence-electron chi connectivity index (χ3n) is 5.22. The van der Waals surface area contributed by atoms with Gasteiger partial charge in [0.25, 0.3) is 15.9 Å². The maximum absolute atomic E-state index is 12.8. The third kappa shape index (κ3) is 5.29. The van der Waals surface area contributed by atoms with E-state index in [9.17, 15) is 13.2 Å². The zero-order valence-electron chi connectivity index (χ0n) is 19.0. The molecular weight excluding hydrogens is 448 g/mol. The lowest BCUT2D eigenvalue weighted by molar-refractivity contribution is 0.102. The number of hydrogen-bond acceptors (Lipinski definition) is 5. The summed E-state index contributed by atoms with van der Waals surface area (Å²) in [5, 5.41) is 2.87. The molecule has 0 bridgehead atoms. The molecule has 0 radical (unpaired) electrons. The zero-order valence-corrected chi connectivity index (χ0v) is 19.8. The molecule has 0 saturated carbocycles. The SMILES string of the molecule is Cc1ccc(C)c(S(=O)(=O)Nc2ccc(C(=O)Nc3cccc(-c4ccnc(C)n4)c3)cc2)c1. The first-order chi connectivity index (χ1) is 16.2. The molecule has 2 N–H and O–H groups in total. The predicted octanol–water partition coefficient (Wildman–Crippen LogP) is 5.12. The highest BCUT2D eigenvalue weighted by molar-refractivity contribution is 7.92. The monoisotopic (exact) mass is 472 g/mol. The highest BCUT2D eigenvalue weighted by atomic mass is 32.2. The van der Waals surface area contributed by atoms with Crippen LogP contribution in [-0.2, 0) is 10.0 Å². The lowest BCUT2D eigenvalue weighted by Gasteiger charge is -2.12. The van der Waals surface area contributed by atoms with Gasteiger partial charge in [-0.3, -0.25) is 9.52 Å². The number of benzene rings is 3. The molecule has 1 heterocycles. The largest absolute Gasteiger partial charge is 0.322 e. The summed E-state index contributed by atoms with van der Waals surface area (Å²) in [7, 11) is -3.74. The van der Waals surface area contributed by atoms with Crippen molar-refractivity contribution in [3.05, 3.63) is 102 Å². The van der Waals surface area contributed by atoms with Gasteiger partial charge >= 0.3 is 0 Å². The van der Waals surface area contributed by atoms with E-state index in [0.29, 0.717) is 28.3 Å². The summed E-state index contributed by atoms with van der Waals surface area (Å²) in [5.41, 5.74) is 4.55. The molecule has 1 aromatic heterocycles. The number of carbonyl (C=O) groups is 1. The molecule has 1 amide bonds. The van der Waals surface area contributed by atoms with E-state index in [1.54, 1.807) is 55.6 Å². The van der Waals surface area contributed by atoms with E-state index >= 15 is 0 Å². The lowest BCUT2D eigenvalue weighted by atomic mass is 10.1. The van der Waals surface area contributed by atoms with Gasteiger partial charge in [-0.05, 0) is 80.4 Å². The Morgan fingerprint density at radius 3 is 2.35 bits per heavy atom. The average Bonchev–Trinajstić information content (AvgIpc) is 2.81. The molecule has 0 aliphatic carbocycles. The molecule has 0 aliphatic rings. The van der Waals surface area contributed by atoms with Crippen molar-refractivity contribution in [3.8, 4) is 11.3 Å². The van der Waals surface area contributed by atoms with Crippen LogP contribution in [0.5, 0.6) is 0 Å². The minimum absolute atomic E-state index is 0.230. The van der Waals surface area contributed by atoms with Crippen molar-refractivity contribution in [3.63, 3.8) is 0 Å². The molecule has 3 aromatic carbocycles. The summed E-state index contributed by atoms with van der Waals surface area (Å²) in [5.74, 6) is 0.361. The molecule has 8 heteroatoms. The minimum atomic E-state index is -3.74. The first-order valence-electron chi connectivity index (χ1n) is 10.6. The van der Waals surface area contributed by atoms with Gasteiger partial charge in [-0.2, -0.15) is 0 Å². The van der Waals surface area contributed by atoms with Crippen LogP contribution in [-0.4, -0.2) is 24.3 Å². The maximum atomic E-state index is 12.8. The second kappa shape index (κ2) is 9.44. The Labute approximate surface area is 199 Å². The molecule has 0 unspecified atom stereocenters. The second-order valence-electron chi connectivity index (χ2n) is 7.98. The Bertz CT molecular complexity index is 1470. The predicted molar refractivity (Wildman–Crippen MR) is 133 cm³/mol. The molecular formula is C26H24N4O3S. The van der Waals surface area contributed by atoms with Crippen molar-refractivity contribution in [1.82, 2.24) is 9.97 Å². The Hall–Kier alpha value is -4.04. The first kappa shape index (κ1) is 23.1. The fourth-order valence-electron chi connectivity index (χ4n) is 3.47. The van der Waals surface area contributed by atoms with E-state index in [1.165, 1.54) is 0 Å². The summed E-state index contributed by atoms with van der Waals surface area (Å²) >= 11 is 0. The summed E-state index contributed by atoms with van der Waals surface area (Å²) in [6.07, 6.45) is 1.69. The number of hydrogen-bond donors (Lipinski definition) is 2. The van der Waals surface area contributed by atoms with Gasteiger partial charge in [0.1, 0.15) is 5.82 Å². The number of nitrogens with zero attached hydrogens (tertiary/aromatic N) is 2. The number of aromatic nitrogens is 2. The number of anilines is 2. The van der Waals surface area contributed by atoms with Crippen LogP contribution in [0.15, 0.2) is 83.9 Å². The van der Waals surface area contributed by atoms with E-state index in [4.69, 9.17) is 0 Å². The van der Waals surface area contributed by atoms with Crippen LogP contribution >= 0.6 is 0 Å². The molecule has 0 fully saturated rings. The second-order valence-corrected chi connectivity index (χ2v) is 9.63. The topological polar surface area (TPSA) is 101 Å². The van der Waals surface area contributed by atoms with Gasteiger partial charge < -0.3 is 5.32 Å². The number of carbonyl (C=O) groups excluding carboxylic acids is 1. The van der Waals surface area contributed by atoms with Gasteiger partial charge in [-0.1, -0.05) is 24.3 Å². The number of aryl methyl sites for hydroxylation is 3. The van der Waals surface area contributed by atoms with Gasteiger partial charge in [0.15, 0.2) is 0 Å². The first-order valence-corrected chi connectivity index (χ1v) is 12.1. The van der Waals surface area contributed by atoms with Crippen LogP contribution < -0.4 is 10.0 Å². The standard InChI is InChI=1S/C26H24N4O3S/c1-17-7-8-18(2)25(15-17)34(32,33)30-22-11-9-20(10-12-22)26(31)29-23-6-4-5-21(16-23)24-13-14-27-19(3)28-24/h4-16,30H,1-3H3,(H,29,31). The van der Waals surface area contributed by atoms with Crippen LogP contribution in [0.3, 0.4) is 0 Å². The van der Waals surface area contributed by atoms with E-state index in [-0.39, 0.29) is 10.8 Å². The third-order valence-corrected chi connectivity index (χ3v) is 6.75. The number of amides is 1. The van der Waals surface area contributed by atoms with Crippen molar-refractivity contribution in [2.75, 3.05) is 10.0 Å². The molecule has 0 saturated heterocycles. The van der Waals surface area contributed by atoms with E-state index < -0.39 is 10.0 Å². The summed E-state index contributed by atoms with van der Waals surface area (Å²) < 4.78 is 28.2. The van der Waals surface area contributed by atoms with Crippen LogP contribution in [0, 0.1) is 20.8 Å². The van der Waals surface area contributed by atoms with Crippen molar-refractivity contribution in [2.45, 2.75) is 25.7 Å². The molecule has 34 heavy (non-hydrogen) atoms. The number of rotatable bonds is 6. The van der Waals surface area contributed by atoms with Gasteiger partial charge in [0, 0.05) is 28.7 Å². The molecule has 7 nitrogen and oxygen atoms in total. The Kier molecular flexibility index (Phi) is 6.43. The fraction of sp³-hybridized carbons (Fsp3) is 0.115. The number of nitrogens with one attached hydrogen (secondary N) is 2. The van der Waals surface area contributed by atoms with Crippen LogP contribution in [0.1, 0.15) is 27.3 Å². The summed E-state index contributed by atoms with van der Waals surface area (Å²) in [6.45, 7) is 5.42. The van der Waals surface area contributed by atoms with Crippen molar-refractivity contribution in [1.29, 1.82) is 0 Å². The van der Waals surface area contributed by atoms with Crippen molar-refractivity contribution >= 4 is 27.3 Å². The normalized spacial score (nSPS) is 11.1. The lowest BCUT2D eigenvalue weighted by Crippen LogP contribution is -2.15. The van der Waals surface area contributed by atoms with Crippen LogP contribution in [0.2, 0.25) is 0 Å². The van der Waals surface area contributed by atoms with Crippen LogP contribution in [0.25, 0.3) is 11.3 Å². The van der Waals surface area contributed by atoms with E-state index in [1.807, 2.05) is 44.2 Å². The van der Waals surface area contributed by atoms with E-state index in [0.717, 1.165) is 16.8 Å². The van der Waals surface area contributed by atoms with Crippen LogP contribution in [0.4, 0.5) is 11.4 Å². The molecule has 0 spiro atoms. The fourth-order valence-corrected chi connectivity index (χ4v) is 4.86. The zero-order chi connectivity index (χ0) is 24.3. The van der Waals surface area contributed by atoms with E-state index in [2.05, 4.69) is 20.0 Å². The molecule has 0 aliphatic heterocycles. The van der Waals surface area contributed by atoms with Crippen molar-refractivity contribution < 1.29 is 13.2 Å². The molecule has 4 rings (SSSR count). The summed E-state index contributed by atoms with van der Waals surface area (Å²) in [6, 6.07) is 20.8. The van der Waals surface area contributed by atoms with Gasteiger partial charge in [0.05, 0.1) is 10.6 Å². The van der Waals surface area contributed by atoms with Gasteiger partial charge in [-0.25, -0.2) is 18.4 Å². The summed E-state index contributed by atoms with van der Waals surface area (Å²) in [4.78, 5) is 21.5. The smallest absolute Gasteiger partial charge is 0.262 e. The van der Waals surface area contributed by atoms with Gasteiger partial charge in [0.2, 0.25) is 0 Å². The maximum Gasteiger partial charge on any atom is 0.262 e. The molecule has 4 aromatic rings. The highest BCUT2D eigenvalue weighted by Gasteiger charge is 2.17. The quantitative estimate of drug-likeness (QED) is 0.406. The molecule has 172 valence electrons. The van der Waals surface area contributed by atoms with Gasteiger partial charge in [-0.15, -0.1) is 0 Å². The van der Waals surface area contributed by atoms with Crippen molar-refractivity contribution in [2.24, 2.45) is 0 Å². The Morgan fingerprint density at radius 2 is 1.62 bits per heavy atom. The number of sulfonamides is 1. The Morgan fingerprint density at radius 1 is 0.853 bits per heavy atom. The molecule has 0 atom stereocenters. The average molecular weight is 473 g/mol. The minimum Gasteiger partial charge on any atom is -0.322 e. The highest BCUT2D eigenvalue weighted by Crippen LogP contribution is 2.23. The Balaban J connectivity index is 1.48.